The van der Waals surface area contributed by atoms with Crippen LogP contribution in [0, 0.1) is 17.2 Å². The van der Waals surface area contributed by atoms with E-state index in [2.05, 4.69) is 16.0 Å². The van der Waals surface area contributed by atoms with Crippen LogP contribution in [0.3, 0.4) is 0 Å². The van der Waals surface area contributed by atoms with Crippen molar-refractivity contribution in [2.45, 2.75) is 31.3 Å². The summed E-state index contributed by atoms with van der Waals surface area (Å²) in [5.74, 6) is 0.342. The monoisotopic (exact) mass is 421 g/mol. The van der Waals surface area contributed by atoms with Crippen molar-refractivity contribution in [3.63, 3.8) is 0 Å². The van der Waals surface area contributed by atoms with E-state index in [1.165, 1.54) is 0 Å². The van der Waals surface area contributed by atoms with E-state index in [9.17, 15) is 9.59 Å². The lowest BCUT2D eigenvalue weighted by atomic mass is 9.78. The lowest BCUT2D eigenvalue weighted by molar-refractivity contribution is -0.138. The molecule has 2 bridgehead atoms. The summed E-state index contributed by atoms with van der Waals surface area (Å²) in [6.07, 6.45) is 3.61. The first-order chi connectivity index (χ1) is 15.1. The summed E-state index contributed by atoms with van der Waals surface area (Å²) < 4.78 is 7.31. The molecule has 0 radical (unpaired) electrons. The van der Waals surface area contributed by atoms with E-state index < -0.39 is 6.04 Å². The molecule has 0 saturated carbocycles. The van der Waals surface area contributed by atoms with Crippen molar-refractivity contribution < 1.29 is 9.53 Å². The van der Waals surface area contributed by atoms with Crippen LogP contribution >= 0.6 is 0 Å². The van der Waals surface area contributed by atoms with Gasteiger partial charge in [-0.3, -0.25) is 19.1 Å². The minimum absolute atomic E-state index is 0.0405. The summed E-state index contributed by atoms with van der Waals surface area (Å²) in [4.78, 5) is 33.8. The number of amides is 1. The molecule has 8 nitrogen and oxygen atoms in total. The maximum atomic E-state index is 13.7. The summed E-state index contributed by atoms with van der Waals surface area (Å²) >= 11 is 0. The highest BCUT2D eigenvalue weighted by Gasteiger charge is 2.44. The van der Waals surface area contributed by atoms with E-state index in [-0.39, 0.29) is 23.3 Å². The second-order valence-electron chi connectivity index (χ2n) is 8.82. The first kappa shape index (κ1) is 20.0. The van der Waals surface area contributed by atoms with Crippen molar-refractivity contribution in [2.75, 3.05) is 39.4 Å². The third-order valence-electron chi connectivity index (χ3n) is 6.78. The van der Waals surface area contributed by atoms with Crippen LogP contribution in [0.25, 0.3) is 0 Å². The molecule has 162 valence electrons. The van der Waals surface area contributed by atoms with Gasteiger partial charge in [-0.2, -0.15) is 5.26 Å². The Labute approximate surface area is 181 Å². The number of likely N-dealkylation sites (tertiary alicyclic amines) is 1. The fourth-order valence-electron chi connectivity index (χ4n) is 5.48. The molecule has 0 aromatic carbocycles. The summed E-state index contributed by atoms with van der Waals surface area (Å²) in [5.41, 5.74) is 2.49. The van der Waals surface area contributed by atoms with Crippen molar-refractivity contribution in [3.05, 3.63) is 57.8 Å². The number of hydrogen-bond acceptors (Lipinski definition) is 5. The molecule has 1 N–H and O–H groups in total. The molecule has 2 saturated heterocycles. The number of ether oxygens (including phenoxy) is 1. The average Bonchev–Trinajstić information content (AvgIpc) is 3.04. The number of carbonyl (C=O) groups is 1. The molecule has 8 heteroatoms. The molecule has 3 aliphatic heterocycles. The Balaban J connectivity index is 1.46. The number of rotatable bonds is 3. The number of aromatic amines is 1. The van der Waals surface area contributed by atoms with E-state index in [1.807, 2.05) is 23.2 Å². The number of hydrogen-bond donors (Lipinski definition) is 1. The number of nitriles is 1. The fourth-order valence-corrected chi connectivity index (χ4v) is 5.48. The first-order valence-electron chi connectivity index (χ1n) is 11.0. The number of piperidine rings is 1. The lowest BCUT2D eigenvalue weighted by Gasteiger charge is -2.47. The molecule has 1 amide bonds. The zero-order valence-corrected chi connectivity index (χ0v) is 17.5. The predicted octanol–water partition coefficient (Wildman–Crippen LogP) is 1.46. The van der Waals surface area contributed by atoms with Crippen molar-refractivity contribution in [2.24, 2.45) is 5.92 Å². The number of H-pyrrole nitrogens is 1. The van der Waals surface area contributed by atoms with E-state index in [4.69, 9.17) is 10.00 Å². The van der Waals surface area contributed by atoms with E-state index in [0.29, 0.717) is 32.0 Å². The van der Waals surface area contributed by atoms with E-state index in [1.54, 1.807) is 16.7 Å². The Morgan fingerprint density at radius 2 is 2.16 bits per heavy atom. The molecule has 5 rings (SSSR count). The zero-order chi connectivity index (χ0) is 21.4. The van der Waals surface area contributed by atoms with Gasteiger partial charge in [-0.15, -0.1) is 0 Å². The molecular formula is C23H27N5O3. The molecule has 3 aliphatic rings. The number of nitrogens with zero attached hydrogens (tertiary/aromatic N) is 4. The van der Waals surface area contributed by atoms with Gasteiger partial charge >= 0.3 is 0 Å². The maximum absolute atomic E-state index is 13.7. The van der Waals surface area contributed by atoms with Gasteiger partial charge in [-0.05, 0) is 30.5 Å². The molecule has 2 fully saturated rings. The van der Waals surface area contributed by atoms with Gasteiger partial charge in [0.25, 0.3) is 5.56 Å². The van der Waals surface area contributed by atoms with Crippen LogP contribution in [0.1, 0.15) is 41.8 Å². The molecule has 0 unspecified atom stereocenters. The highest BCUT2D eigenvalue weighted by molar-refractivity contribution is 5.81. The van der Waals surface area contributed by atoms with Gasteiger partial charge in [0.15, 0.2) is 0 Å². The summed E-state index contributed by atoms with van der Waals surface area (Å²) in [5, 5.41) is 9.08. The summed E-state index contributed by atoms with van der Waals surface area (Å²) in [6.45, 7) is 4.78. The second-order valence-corrected chi connectivity index (χ2v) is 8.82. The van der Waals surface area contributed by atoms with Gasteiger partial charge in [0.05, 0.1) is 6.61 Å². The zero-order valence-electron chi connectivity index (χ0n) is 17.5. The first-order valence-corrected chi connectivity index (χ1v) is 11.0. The Kier molecular flexibility index (Phi) is 5.38. The molecule has 0 aliphatic carbocycles. The van der Waals surface area contributed by atoms with Gasteiger partial charge in [0.1, 0.15) is 17.8 Å². The number of carbonyl (C=O) groups excluding carboxylic acids is 1. The quantitative estimate of drug-likeness (QED) is 0.810. The van der Waals surface area contributed by atoms with Crippen LogP contribution in [0.4, 0.5) is 0 Å². The Morgan fingerprint density at radius 3 is 3.00 bits per heavy atom. The maximum Gasteiger partial charge on any atom is 0.251 e. The van der Waals surface area contributed by atoms with Crippen LogP contribution in [-0.4, -0.2) is 64.7 Å². The second kappa shape index (κ2) is 8.33. The van der Waals surface area contributed by atoms with Crippen LogP contribution in [0.2, 0.25) is 0 Å². The van der Waals surface area contributed by atoms with Gasteiger partial charge in [0.2, 0.25) is 5.91 Å². The standard InChI is InChI=1S/C23H27N5O3/c24-11-19-9-16(12-25-19)13-26-14-17-10-18(15-26)22(28-20(17)3-1-4-21(28)29)23(30)27-5-2-7-31-8-6-27/h1,3-4,9,12,17-18,22,25H,2,5-8,10,13-15H2/t17-,18+,22+/m0/s1. The highest BCUT2D eigenvalue weighted by Crippen LogP contribution is 2.42. The highest BCUT2D eigenvalue weighted by atomic mass is 16.5. The lowest BCUT2D eigenvalue weighted by Crippen LogP contribution is -2.54. The third-order valence-corrected chi connectivity index (χ3v) is 6.78. The summed E-state index contributed by atoms with van der Waals surface area (Å²) in [7, 11) is 0. The minimum Gasteiger partial charge on any atom is -0.380 e. The van der Waals surface area contributed by atoms with E-state index in [0.717, 1.165) is 43.7 Å². The molecule has 2 aromatic rings. The van der Waals surface area contributed by atoms with E-state index >= 15 is 0 Å². The Hall–Kier alpha value is -2.89. The summed E-state index contributed by atoms with van der Waals surface area (Å²) in [6, 6.07) is 8.92. The van der Waals surface area contributed by atoms with Gasteiger partial charge < -0.3 is 14.6 Å². The number of fused-ring (bicyclic) bond motifs is 4. The van der Waals surface area contributed by atoms with Crippen LogP contribution in [0.5, 0.6) is 0 Å². The molecule has 3 atom stereocenters. The molecule has 31 heavy (non-hydrogen) atoms. The molecule has 0 spiro atoms. The van der Waals surface area contributed by atoms with Gasteiger partial charge in [-0.1, -0.05) is 6.07 Å². The van der Waals surface area contributed by atoms with Crippen molar-refractivity contribution in [1.82, 2.24) is 19.4 Å². The van der Waals surface area contributed by atoms with Crippen molar-refractivity contribution in [3.8, 4) is 6.07 Å². The van der Waals surface area contributed by atoms with Crippen LogP contribution in [0.15, 0.2) is 35.3 Å². The average molecular weight is 422 g/mol. The Morgan fingerprint density at radius 1 is 1.26 bits per heavy atom. The third kappa shape index (κ3) is 3.80. The predicted molar refractivity (Wildman–Crippen MR) is 113 cm³/mol. The number of nitrogens with one attached hydrogen (secondary N) is 1. The molecule has 5 heterocycles. The van der Waals surface area contributed by atoms with Gasteiger partial charge in [0, 0.05) is 69.1 Å². The number of pyridine rings is 1. The SMILES string of the molecule is N#Cc1cc(CN2C[C@@H]3C[C@H](C2)[C@H](C(=O)N2CCCOCC2)n2c3cccc2=O)c[nH]1. The topological polar surface area (TPSA) is 94.4 Å². The Bertz CT molecular complexity index is 1060. The van der Waals surface area contributed by atoms with Gasteiger partial charge in [-0.25, -0.2) is 0 Å². The number of aromatic nitrogens is 2. The fraction of sp³-hybridized carbons (Fsp3) is 0.522. The van der Waals surface area contributed by atoms with Crippen LogP contribution < -0.4 is 5.56 Å². The molecular weight excluding hydrogens is 394 g/mol. The largest absolute Gasteiger partial charge is 0.380 e. The van der Waals surface area contributed by atoms with Crippen molar-refractivity contribution in [1.29, 1.82) is 5.26 Å². The molecule has 2 aromatic heterocycles. The minimum atomic E-state index is -0.471. The smallest absolute Gasteiger partial charge is 0.251 e. The van der Waals surface area contributed by atoms with Crippen molar-refractivity contribution >= 4 is 5.91 Å². The normalized spacial score (nSPS) is 26.0. The van der Waals surface area contributed by atoms with Crippen LogP contribution in [-0.2, 0) is 16.1 Å².